The zero-order valence-corrected chi connectivity index (χ0v) is 16.8. The lowest BCUT2D eigenvalue weighted by atomic mass is 10.2. The summed E-state index contributed by atoms with van der Waals surface area (Å²) < 4.78 is 19.1. The third-order valence-corrected chi connectivity index (χ3v) is 4.12. The molecule has 0 aliphatic carbocycles. The molecule has 1 aliphatic rings. The number of hydrogen-bond acceptors (Lipinski definition) is 3. The molecule has 1 aliphatic heterocycles. The van der Waals surface area contributed by atoms with E-state index in [-0.39, 0.29) is 29.8 Å². The van der Waals surface area contributed by atoms with Gasteiger partial charge in [-0.1, -0.05) is 6.07 Å². The van der Waals surface area contributed by atoms with Crippen molar-refractivity contribution in [2.24, 2.45) is 10.7 Å². The zero-order chi connectivity index (χ0) is 15.8. The number of nitrogens with one attached hydrogen (secondary N) is 1. The van der Waals surface area contributed by atoms with Gasteiger partial charge in [0, 0.05) is 19.6 Å². The van der Waals surface area contributed by atoms with E-state index in [0.717, 1.165) is 51.4 Å². The van der Waals surface area contributed by atoms with Crippen LogP contribution in [0.15, 0.2) is 27.7 Å². The van der Waals surface area contributed by atoms with E-state index < -0.39 is 0 Å². The monoisotopic (exact) mass is 500 g/mol. The fourth-order valence-corrected chi connectivity index (χ4v) is 2.46. The summed E-state index contributed by atoms with van der Waals surface area (Å²) in [7, 11) is 0. The lowest BCUT2D eigenvalue weighted by molar-refractivity contribution is 0.0376. The van der Waals surface area contributed by atoms with Crippen molar-refractivity contribution in [1.82, 2.24) is 10.2 Å². The molecule has 1 aromatic rings. The number of benzene rings is 1. The number of ether oxygens (including phenoxy) is 1. The summed E-state index contributed by atoms with van der Waals surface area (Å²) in [5.41, 5.74) is 6.60. The van der Waals surface area contributed by atoms with Crippen LogP contribution in [-0.4, -0.2) is 50.3 Å². The Morgan fingerprint density at radius 3 is 2.83 bits per heavy atom. The first-order chi connectivity index (χ1) is 10.6. The summed E-state index contributed by atoms with van der Waals surface area (Å²) in [6.07, 6.45) is 1.00. The second-order valence-electron chi connectivity index (χ2n) is 5.18. The molecule has 0 atom stereocenters. The van der Waals surface area contributed by atoms with Crippen LogP contribution in [0.25, 0.3) is 0 Å². The predicted molar refractivity (Wildman–Crippen MR) is 105 cm³/mol. The van der Waals surface area contributed by atoms with Gasteiger partial charge in [0.15, 0.2) is 5.96 Å². The van der Waals surface area contributed by atoms with Crippen molar-refractivity contribution in [2.45, 2.75) is 13.0 Å². The molecule has 2 rings (SSSR count). The lowest BCUT2D eigenvalue weighted by Crippen LogP contribution is -2.39. The quantitative estimate of drug-likeness (QED) is 0.272. The van der Waals surface area contributed by atoms with Gasteiger partial charge in [-0.25, -0.2) is 9.38 Å². The van der Waals surface area contributed by atoms with E-state index in [4.69, 9.17) is 10.5 Å². The Labute approximate surface area is 162 Å². The van der Waals surface area contributed by atoms with Gasteiger partial charge in [0.1, 0.15) is 5.82 Å². The van der Waals surface area contributed by atoms with Crippen LogP contribution in [0.4, 0.5) is 4.39 Å². The van der Waals surface area contributed by atoms with Crippen LogP contribution in [0.2, 0.25) is 0 Å². The molecule has 3 N–H and O–H groups in total. The molecule has 1 saturated heterocycles. The molecule has 0 unspecified atom stereocenters. The summed E-state index contributed by atoms with van der Waals surface area (Å²) in [5.74, 6) is 0.107. The molecule has 8 heteroatoms. The Morgan fingerprint density at radius 2 is 2.13 bits per heavy atom. The average Bonchev–Trinajstić information content (AvgIpc) is 2.54. The highest BCUT2D eigenvalue weighted by molar-refractivity contribution is 14.0. The molecular weight excluding hydrogens is 478 g/mol. The number of nitrogens with zero attached hydrogens (tertiary/aromatic N) is 2. The molecule has 1 aromatic carbocycles. The first-order valence-corrected chi connectivity index (χ1v) is 8.22. The largest absolute Gasteiger partial charge is 0.379 e. The van der Waals surface area contributed by atoms with Crippen LogP contribution in [0, 0.1) is 5.82 Å². The average molecular weight is 501 g/mol. The van der Waals surface area contributed by atoms with Crippen LogP contribution in [0.3, 0.4) is 0 Å². The highest BCUT2D eigenvalue weighted by Crippen LogP contribution is 2.16. The number of hydrogen-bond donors (Lipinski definition) is 2. The third-order valence-electron chi connectivity index (χ3n) is 3.48. The van der Waals surface area contributed by atoms with Crippen molar-refractivity contribution in [1.29, 1.82) is 0 Å². The fraction of sp³-hybridized carbons (Fsp3) is 0.533. The first-order valence-electron chi connectivity index (χ1n) is 7.43. The maximum atomic E-state index is 13.4. The molecule has 1 heterocycles. The topological polar surface area (TPSA) is 62.9 Å². The third kappa shape index (κ3) is 7.77. The predicted octanol–water partition coefficient (Wildman–Crippen LogP) is 2.33. The van der Waals surface area contributed by atoms with E-state index in [1.165, 1.54) is 6.07 Å². The second kappa shape index (κ2) is 11.2. The van der Waals surface area contributed by atoms with Gasteiger partial charge >= 0.3 is 0 Å². The number of rotatable bonds is 6. The van der Waals surface area contributed by atoms with Crippen molar-refractivity contribution in [3.05, 3.63) is 34.1 Å². The Morgan fingerprint density at radius 1 is 1.39 bits per heavy atom. The normalized spacial score (nSPS) is 16.0. The summed E-state index contributed by atoms with van der Waals surface area (Å²) in [6, 6.07) is 4.95. The van der Waals surface area contributed by atoms with Crippen molar-refractivity contribution < 1.29 is 9.13 Å². The minimum Gasteiger partial charge on any atom is -0.379 e. The number of morpholine rings is 1. The SMILES string of the molecule is I.NC(=NCc1ccc(Br)c(F)c1)NCCCN1CCOCC1. The molecule has 0 amide bonds. The Bertz CT molecular complexity index is 512. The van der Waals surface area contributed by atoms with E-state index in [2.05, 4.69) is 31.1 Å². The minimum atomic E-state index is -0.287. The molecule has 5 nitrogen and oxygen atoms in total. The van der Waals surface area contributed by atoms with Gasteiger partial charge in [-0.3, -0.25) is 4.90 Å². The Kier molecular flexibility index (Phi) is 10.00. The van der Waals surface area contributed by atoms with Gasteiger partial charge in [0.2, 0.25) is 0 Å². The summed E-state index contributed by atoms with van der Waals surface area (Å²) in [4.78, 5) is 6.60. The van der Waals surface area contributed by atoms with Gasteiger partial charge in [-0.15, -0.1) is 24.0 Å². The van der Waals surface area contributed by atoms with Crippen molar-refractivity contribution in [3.8, 4) is 0 Å². The number of aliphatic imine (C=N–C) groups is 1. The highest BCUT2D eigenvalue weighted by Gasteiger charge is 2.09. The second-order valence-corrected chi connectivity index (χ2v) is 6.04. The van der Waals surface area contributed by atoms with E-state index in [0.29, 0.717) is 17.0 Å². The van der Waals surface area contributed by atoms with Crippen LogP contribution >= 0.6 is 39.9 Å². The zero-order valence-electron chi connectivity index (χ0n) is 12.9. The van der Waals surface area contributed by atoms with E-state index in [9.17, 15) is 4.39 Å². The maximum absolute atomic E-state index is 13.4. The molecule has 0 radical (unpaired) electrons. The smallest absolute Gasteiger partial charge is 0.188 e. The minimum absolute atomic E-state index is 0. The molecule has 130 valence electrons. The Balaban J connectivity index is 0.00000264. The molecule has 0 saturated carbocycles. The van der Waals surface area contributed by atoms with Gasteiger partial charge in [0.25, 0.3) is 0 Å². The van der Waals surface area contributed by atoms with Crippen LogP contribution in [-0.2, 0) is 11.3 Å². The summed E-state index contributed by atoms with van der Waals surface area (Å²) >= 11 is 3.12. The maximum Gasteiger partial charge on any atom is 0.188 e. The van der Waals surface area contributed by atoms with E-state index in [1.807, 2.05) is 6.07 Å². The standard InChI is InChI=1S/C15H22BrFN4O.HI/c16-13-3-2-12(10-14(13)17)11-20-15(18)19-4-1-5-21-6-8-22-9-7-21;/h2-3,10H,1,4-9,11H2,(H3,18,19,20);1H. The molecule has 0 bridgehead atoms. The number of nitrogens with two attached hydrogens (primary N) is 1. The first kappa shape index (κ1) is 20.6. The van der Waals surface area contributed by atoms with Crippen molar-refractivity contribution in [3.63, 3.8) is 0 Å². The van der Waals surface area contributed by atoms with Crippen LogP contribution < -0.4 is 11.1 Å². The van der Waals surface area contributed by atoms with Gasteiger partial charge in [-0.2, -0.15) is 0 Å². The molecule has 23 heavy (non-hydrogen) atoms. The molecular formula is C15H23BrFIN4O. The molecule has 1 fully saturated rings. The Hall–Kier alpha value is -0.450. The molecule has 0 spiro atoms. The van der Waals surface area contributed by atoms with E-state index in [1.54, 1.807) is 6.07 Å². The van der Waals surface area contributed by atoms with Gasteiger partial charge in [0.05, 0.1) is 24.2 Å². The number of halogens is 3. The van der Waals surface area contributed by atoms with Crippen molar-refractivity contribution in [2.75, 3.05) is 39.4 Å². The van der Waals surface area contributed by atoms with Crippen LogP contribution in [0.5, 0.6) is 0 Å². The highest BCUT2D eigenvalue weighted by atomic mass is 127. The van der Waals surface area contributed by atoms with Crippen molar-refractivity contribution >= 4 is 45.9 Å². The van der Waals surface area contributed by atoms with Gasteiger partial charge in [-0.05, 0) is 46.6 Å². The lowest BCUT2D eigenvalue weighted by Gasteiger charge is -2.26. The summed E-state index contributed by atoms with van der Waals surface area (Å²) in [6.45, 7) is 5.81. The van der Waals surface area contributed by atoms with Crippen LogP contribution in [0.1, 0.15) is 12.0 Å². The molecule has 0 aromatic heterocycles. The van der Waals surface area contributed by atoms with E-state index >= 15 is 0 Å². The summed E-state index contributed by atoms with van der Waals surface area (Å²) in [5, 5.41) is 3.09. The fourth-order valence-electron chi connectivity index (χ4n) is 2.21. The number of guanidine groups is 1. The van der Waals surface area contributed by atoms with Gasteiger partial charge < -0.3 is 15.8 Å².